The second-order valence-electron chi connectivity index (χ2n) is 5.03. The van der Waals surface area contributed by atoms with Crippen molar-refractivity contribution >= 4 is 10.1 Å². The van der Waals surface area contributed by atoms with Gasteiger partial charge in [0.15, 0.2) is 0 Å². The Morgan fingerprint density at radius 2 is 1.94 bits per heavy atom. The third kappa shape index (κ3) is 11.8. The van der Waals surface area contributed by atoms with Crippen LogP contribution in [-0.2, 0) is 14.9 Å². The Bertz CT molecular complexity index is 335. The average molecular weight is 266 g/mol. The molecule has 0 fully saturated rings. The van der Waals surface area contributed by atoms with Gasteiger partial charge in [0.05, 0.1) is 39.6 Å². The monoisotopic (exact) mass is 266 g/mol. The fourth-order valence-corrected chi connectivity index (χ4v) is 1.84. The maximum atomic E-state index is 10.6. The van der Waals surface area contributed by atoms with E-state index in [9.17, 15) is 8.42 Å². The lowest BCUT2D eigenvalue weighted by Gasteiger charge is -2.29. The molecule has 0 radical (unpaired) electrons. The molecule has 1 N–H and O–H groups in total. The number of nitrogens with zero attached hydrogens (tertiary/aromatic N) is 1. The summed E-state index contributed by atoms with van der Waals surface area (Å²) in [6.45, 7) is 8.32. The fourth-order valence-electron chi connectivity index (χ4n) is 1.34. The van der Waals surface area contributed by atoms with Crippen LogP contribution in [-0.4, -0.2) is 63.6 Å². The van der Waals surface area contributed by atoms with Gasteiger partial charge < -0.3 is 9.22 Å². The standard InChI is InChI=1S/C11H23NO4S/c1-11(2)10-16-8-7-12(3,4)6-5-9-17(13,14)15/h1,5-10H2,2-4H3/p+1. The first-order valence-electron chi connectivity index (χ1n) is 5.62. The van der Waals surface area contributed by atoms with Crippen LogP contribution in [0.4, 0.5) is 0 Å². The van der Waals surface area contributed by atoms with E-state index in [4.69, 9.17) is 9.29 Å². The molecule has 5 nitrogen and oxygen atoms in total. The molecule has 0 aromatic carbocycles. The number of likely N-dealkylation sites (N-methyl/N-ethyl adjacent to an activating group) is 1. The molecule has 6 heteroatoms. The van der Waals surface area contributed by atoms with Crippen molar-refractivity contribution in [2.75, 3.05) is 46.2 Å². The fraction of sp³-hybridized carbons (Fsp3) is 0.818. The van der Waals surface area contributed by atoms with E-state index in [-0.39, 0.29) is 5.75 Å². The van der Waals surface area contributed by atoms with Gasteiger partial charge in [-0.2, -0.15) is 8.42 Å². The van der Waals surface area contributed by atoms with Crippen LogP contribution in [0.15, 0.2) is 12.2 Å². The second kappa shape index (κ2) is 7.10. The molecule has 0 saturated carbocycles. The van der Waals surface area contributed by atoms with Gasteiger partial charge in [0.25, 0.3) is 10.1 Å². The Balaban J connectivity index is 3.76. The van der Waals surface area contributed by atoms with E-state index in [1.165, 1.54) is 0 Å². The first kappa shape index (κ1) is 16.6. The van der Waals surface area contributed by atoms with Crippen molar-refractivity contribution in [1.82, 2.24) is 0 Å². The topological polar surface area (TPSA) is 63.6 Å². The van der Waals surface area contributed by atoms with Gasteiger partial charge in [-0.1, -0.05) is 12.2 Å². The van der Waals surface area contributed by atoms with Crippen LogP contribution in [0.1, 0.15) is 13.3 Å². The van der Waals surface area contributed by atoms with E-state index in [1.54, 1.807) is 0 Å². The third-order valence-electron chi connectivity index (χ3n) is 2.36. The SMILES string of the molecule is C=C(C)COCC[N+](C)(C)CCCS(=O)(=O)O. The van der Waals surface area contributed by atoms with E-state index >= 15 is 0 Å². The molecule has 0 bridgehead atoms. The van der Waals surface area contributed by atoms with Crippen LogP contribution in [0.5, 0.6) is 0 Å². The zero-order valence-electron chi connectivity index (χ0n) is 11.0. The van der Waals surface area contributed by atoms with E-state index in [0.29, 0.717) is 30.7 Å². The molecular formula is C11H24NO4S+. The van der Waals surface area contributed by atoms with Crippen LogP contribution in [0, 0.1) is 0 Å². The van der Waals surface area contributed by atoms with Crippen LogP contribution < -0.4 is 0 Å². The Morgan fingerprint density at radius 1 is 1.35 bits per heavy atom. The highest BCUT2D eigenvalue weighted by atomic mass is 32.2. The molecule has 0 heterocycles. The molecule has 102 valence electrons. The quantitative estimate of drug-likeness (QED) is 0.292. The van der Waals surface area contributed by atoms with Gasteiger partial charge in [0, 0.05) is 6.42 Å². The minimum Gasteiger partial charge on any atom is -0.371 e. The molecule has 0 unspecified atom stereocenters. The largest absolute Gasteiger partial charge is 0.371 e. The highest BCUT2D eigenvalue weighted by Crippen LogP contribution is 2.01. The van der Waals surface area contributed by atoms with Gasteiger partial charge in [-0.15, -0.1) is 0 Å². The Kier molecular flexibility index (Phi) is 6.92. The van der Waals surface area contributed by atoms with Gasteiger partial charge in [-0.25, -0.2) is 0 Å². The van der Waals surface area contributed by atoms with E-state index < -0.39 is 10.1 Å². The number of rotatable bonds is 9. The molecule has 0 aliphatic rings. The number of quaternary nitrogens is 1. The maximum Gasteiger partial charge on any atom is 0.265 e. The smallest absolute Gasteiger partial charge is 0.265 e. The van der Waals surface area contributed by atoms with Crippen molar-refractivity contribution in [3.63, 3.8) is 0 Å². The predicted molar refractivity (Wildman–Crippen MR) is 68.5 cm³/mol. The Morgan fingerprint density at radius 3 is 2.41 bits per heavy atom. The molecule has 0 aliphatic heterocycles. The van der Waals surface area contributed by atoms with E-state index in [1.807, 2.05) is 21.0 Å². The lowest BCUT2D eigenvalue weighted by molar-refractivity contribution is -0.890. The van der Waals surface area contributed by atoms with E-state index in [0.717, 1.165) is 12.1 Å². The van der Waals surface area contributed by atoms with Gasteiger partial charge in [0.1, 0.15) is 6.54 Å². The van der Waals surface area contributed by atoms with Crippen LogP contribution in [0.25, 0.3) is 0 Å². The van der Waals surface area contributed by atoms with Gasteiger partial charge >= 0.3 is 0 Å². The van der Waals surface area contributed by atoms with Crippen LogP contribution in [0.2, 0.25) is 0 Å². The highest BCUT2D eigenvalue weighted by Gasteiger charge is 2.16. The molecule has 0 aromatic rings. The van der Waals surface area contributed by atoms with Crippen molar-refractivity contribution in [2.45, 2.75) is 13.3 Å². The Hall–Kier alpha value is -0.430. The summed E-state index contributed by atoms with van der Waals surface area (Å²) in [5.41, 5.74) is 0.988. The molecular weight excluding hydrogens is 242 g/mol. The summed E-state index contributed by atoms with van der Waals surface area (Å²) in [5, 5.41) is 0. The molecule has 0 rings (SSSR count). The van der Waals surface area contributed by atoms with Crippen molar-refractivity contribution in [3.8, 4) is 0 Å². The predicted octanol–water partition coefficient (Wildman–Crippen LogP) is 0.933. The zero-order chi connectivity index (χ0) is 13.5. The molecule has 0 atom stereocenters. The molecule has 0 spiro atoms. The number of hydrogen-bond donors (Lipinski definition) is 1. The normalized spacial score (nSPS) is 12.7. The lowest BCUT2D eigenvalue weighted by Crippen LogP contribution is -2.43. The third-order valence-corrected chi connectivity index (χ3v) is 3.16. The number of ether oxygens (including phenoxy) is 1. The summed E-state index contributed by atoms with van der Waals surface area (Å²) in [6.07, 6.45) is 0.451. The molecule has 0 saturated heterocycles. The van der Waals surface area contributed by atoms with Crippen molar-refractivity contribution in [1.29, 1.82) is 0 Å². The number of hydrogen-bond acceptors (Lipinski definition) is 3. The summed E-state index contributed by atoms with van der Waals surface area (Å²) in [6, 6.07) is 0. The van der Waals surface area contributed by atoms with Crippen molar-refractivity contribution in [2.24, 2.45) is 0 Å². The van der Waals surface area contributed by atoms with E-state index in [2.05, 4.69) is 6.58 Å². The molecule has 17 heavy (non-hydrogen) atoms. The summed E-state index contributed by atoms with van der Waals surface area (Å²) < 4.78 is 35.8. The van der Waals surface area contributed by atoms with Crippen LogP contribution >= 0.6 is 0 Å². The molecule has 0 aromatic heterocycles. The summed E-state index contributed by atoms with van der Waals surface area (Å²) in [7, 11) is 0.180. The second-order valence-corrected chi connectivity index (χ2v) is 6.60. The maximum absolute atomic E-state index is 10.6. The first-order valence-corrected chi connectivity index (χ1v) is 7.23. The minimum atomic E-state index is -3.84. The first-order chi connectivity index (χ1) is 7.62. The Labute approximate surface area is 104 Å². The zero-order valence-corrected chi connectivity index (χ0v) is 11.8. The van der Waals surface area contributed by atoms with Crippen LogP contribution in [0.3, 0.4) is 0 Å². The van der Waals surface area contributed by atoms with Gasteiger partial charge in [-0.3, -0.25) is 4.55 Å². The van der Waals surface area contributed by atoms with Crippen molar-refractivity contribution < 1.29 is 22.2 Å². The van der Waals surface area contributed by atoms with Crippen molar-refractivity contribution in [3.05, 3.63) is 12.2 Å². The van der Waals surface area contributed by atoms with Gasteiger partial charge in [0.2, 0.25) is 0 Å². The molecule has 0 aliphatic carbocycles. The minimum absolute atomic E-state index is 0.179. The summed E-state index contributed by atoms with van der Waals surface area (Å²) in [5.74, 6) is -0.179. The summed E-state index contributed by atoms with van der Waals surface area (Å²) >= 11 is 0. The molecule has 0 amide bonds. The van der Waals surface area contributed by atoms with Gasteiger partial charge in [-0.05, 0) is 6.92 Å². The lowest BCUT2D eigenvalue weighted by atomic mass is 10.3. The summed E-state index contributed by atoms with van der Waals surface area (Å²) in [4.78, 5) is 0. The average Bonchev–Trinajstić information content (AvgIpc) is 2.09. The highest BCUT2D eigenvalue weighted by molar-refractivity contribution is 7.85.